The van der Waals surface area contributed by atoms with Gasteiger partial charge in [-0.3, -0.25) is 0 Å². The van der Waals surface area contributed by atoms with Crippen LogP contribution in [0, 0.1) is 0 Å². The van der Waals surface area contributed by atoms with Crippen molar-refractivity contribution < 1.29 is 14.3 Å². The molecule has 0 spiro atoms. The molecular formula is C22H23N3O3. The van der Waals surface area contributed by atoms with E-state index in [-0.39, 0.29) is 11.6 Å². The summed E-state index contributed by atoms with van der Waals surface area (Å²) in [4.78, 5) is 15.7. The van der Waals surface area contributed by atoms with E-state index >= 15 is 0 Å². The summed E-state index contributed by atoms with van der Waals surface area (Å²) in [6, 6.07) is 14.0. The zero-order valence-electron chi connectivity index (χ0n) is 15.6. The number of carbonyl (C=O) groups is 1. The summed E-state index contributed by atoms with van der Waals surface area (Å²) in [5.41, 5.74) is 3.12. The molecular weight excluding hydrogens is 354 g/mol. The number of hydrogen-bond donors (Lipinski definition) is 3. The minimum Gasteiger partial charge on any atom is -0.486 e. The topological polar surface area (TPSA) is 75.4 Å². The van der Waals surface area contributed by atoms with Crippen molar-refractivity contribution in [1.29, 1.82) is 0 Å². The van der Waals surface area contributed by atoms with Crippen molar-refractivity contribution in [2.24, 2.45) is 0 Å². The van der Waals surface area contributed by atoms with Crippen molar-refractivity contribution in [3.05, 3.63) is 59.8 Å². The Hall–Kier alpha value is -3.15. The van der Waals surface area contributed by atoms with Crippen LogP contribution in [0.4, 0.5) is 4.79 Å². The predicted molar refractivity (Wildman–Crippen MR) is 107 cm³/mol. The van der Waals surface area contributed by atoms with Gasteiger partial charge in [0.25, 0.3) is 0 Å². The van der Waals surface area contributed by atoms with Gasteiger partial charge >= 0.3 is 6.03 Å². The lowest BCUT2D eigenvalue weighted by Gasteiger charge is -2.23. The molecule has 0 bridgehead atoms. The maximum Gasteiger partial charge on any atom is 0.315 e. The van der Waals surface area contributed by atoms with Crippen LogP contribution in [0.5, 0.6) is 11.5 Å². The third kappa shape index (κ3) is 3.15. The van der Waals surface area contributed by atoms with Gasteiger partial charge in [-0.05, 0) is 48.6 Å². The Morgan fingerprint density at radius 2 is 1.89 bits per heavy atom. The highest BCUT2D eigenvalue weighted by molar-refractivity contribution is 5.83. The Kier molecular flexibility index (Phi) is 4.11. The maximum absolute atomic E-state index is 12.5. The summed E-state index contributed by atoms with van der Waals surface area (Å²) >= 11 is 0. The number of carbonyl (C=O) groups excluding carboxylic acids is 1. The SMILES string of the molecule is O=C(NCCc1c[nH]c2ccccc12)NC1(c2ccc3c(c2)OCCO3)CC1. The van der Waals surface area contributed by atoms with Crippen LogP contribution in [0.15, 0.2) is 48.7 Å². The molecule has 1 aliphatic heterocycles. The number of amides is 2. The first-order valence-electron chi connectivity index (χ1n) is 9.75. The molecule has 1 aromatic heterocycles. The van der Waals surface area contributed by atoms with E-state index in [1.54, 1.807) is 0 Å². The molecule has 0 radical (unpaired) electrons. The minimum atomic E-state index is -0.291. The molecule has 144 valence electrons. The number of rotatable bonds is 5. The number of hydrogen-bond acceptors (Lipinski definition) is 3. The van der Waals surface area contributed by atoms with Gasteiger partial charge in [-0.2, -0.15) is 0 Å². The molecule has 6 nitrogen and oxygen atoms in total. The van der Waals surface area contributed by atoms with E-state index in [4.69, 9.17) is 9.47 Å². The van der Waals surface area contributed by atoms with E-state index in [0.29, 0.717) is 19.8 Å². The van der Waals surface area contributed by atoms with Crippen LogP contribution in [0.1, 0.15) is 24.0 Å². The van der Waals surface area contributed by atoms with Crippen molar-refractivity contribution in [2.45, 2.75) is 24.8 Å². The Labute approximate surface area is 163 Å². The fraction of sp³-hybridized carbons (Fsp3) is 0.318. The van der Waals surface area contributed by atoms with Crippen LogP contribution in [0.25, 0.3) is 10.9 Å². The van der Waals surface area contributed by atoms with Crippen molar-refractivity contribution >= 4 is 16.9 Å². The lowest BCUT2D eigenvalue weighted by atomic mass is 10.0. The van der Waals surface area contributed by atoms with E-state index in [1.807, 2.05) is 36.5 Å². The molecule has 2 aliphatic rings. The van der Waals surface area contributed by atoms with Gasteiger partial charge in [0.1, 0.15) is 13.2 Å². The molecule has 0 atom stereocenters. The largest absolute Gasteiger partial charge is 0.486 e. The fourth-order valence-corrected chi connectivity index (χ4v) is 3.86. The second-order valence-electron chi connectivity index (χ2n) is 7.43. The van der Waals surface area contributed by atoms with Gasteiger partial charge in [0.05, 0.1) is 5.54 Å². The van der Waals surface area contributed by atoms with Crippen molar-refractivity contribution in [2.75, 3.05) is 19.8 Å². The van der Waals surface area contributed by atoms with E-state index in [0.717, 1.165) is 41.8 Å². The van der Waals surface area contributed by atoms with E-state index < -0.39 is 0 Å². The predicted octanol–water partition coefficient (Wildman–Crippen LogP) is 3.47. The van der Waals surface area contributed by atoms with Gasteiger partial charge in [0, 0.05) is 23.6 Å². The first kappa shape index (κ1) is 17.0. The number of urea groups is 1. The molecule has 28 heavy (non-hydrogen) atoms. The highest BCUT2D eigenvalue weighted by Gasteiger charge is 2.46. The Balaban J connectivity index is 1.20. The summed E-state index contributed by atoms with van der Waals surface area (Å²) in [6.07, 6.45) is 4.67. The van der Waals surface area contributed by atoms with Crippen molar-refractivity contribution in [3.8, 4) is 11.5 Å². The number of H-pyrrole nitrogens is 1. The molecule has 0 unspecified atom stereocenters. The monoisotopic (exact) mass is 377 g/mol. The third-order valence-electron chi connectivity index (χ3n) is 5.55. The Bertz CT molecular complexity index is 1020. The minimum absolute atomic E-state index is 0.132. The van der Waals surface area contributed by atoms with Gasteiger partial charge in [-0.25, -0.2) is 4.79 Å². The first-order valence-corrected chi connectivity index (χ1v) is 9.75. The molecule has 1 aliphatic carbocycles. The standard InChI is InChI=1S/C22H23N3O3/c26-21(23-10-7-15-14-24-18-4-2-1-3-17(15)18)25-22(8-9-22)16-5-6-19-20(13-16)28-12-11-27-19/h1-6,13-14,24H,7-12H2,(H2,23,25,26). The van der Waals surface area contributed by atoms with Crippen LogP contribution >= 0.6 is 0 Å². The summed E-state index contributed by atoms with van der Waals surface area (Å²) in [6.45, 7) is 1.73. The van der Waals surface area contributed by atoms with E-state index in [9.17, 15) is 4.79 Å². The number of nitrogens with one attached hydrogen (secondary N) is 3. The molecule has 5 rings (SSSR count). The lowest BCUT2D eigenvalue weighted by molar-refractivity contribution is 0.171. The molecule has 3 N–H and O–H groups in total. The fourth-order valence-electron chi connectivity index (χ4n) is 3.86. The van der Waals surface area contributed by atoms with Gasteiger partial charge in [-0.15, -0.1) is 0 Å². The van der Waals surface area contributed by atoms with Gasteiger partial charge in [-0.1, -0.05) is 24.3 Å². The highest BCUT2D eigenvalue weighted by atomic mass is 16.6. The number of aromatic amines is 1. The molecule has 1 saturated carbocycles. The molecule has 3 aromatic rings. The quantitative estimate of drug-likeness (QED) is 0.637. The molecule has 2 heterocycles. The second-order valence-corrected chi connectivity index (χ2v) is 7.43. The molecule has 6 heteroatoms. The van der Waals surface area contributed by atoms with Crippen LogP contribution in [0.2, 0.25) is 0 Å². The second kappa shape index (κ2) is 6.78. The zero-order valence-corrected chi connectivity index (χ0v) is 15.6. The zero-order chi connectivity index (χ0) is 19.0. The summed E-state index contributed by atoms with van der Waals surface area (Å²) < 4.78 is 11.3. The molecule has 2 amide bonds. The normalized spacial score (nSPS) is 16.6. The van der Waals surface area contributed by atoms with Crippen molar-refractivity contribution in [1.82, 2.24) is 15.6 Å². The smallest absolute Gasteiger partial charge is 0.315 e. The molecule has 0 saturated heterocycles. The van der Waals surface area contributed by atoms with Crippen LogP contribution < -0.4 is 20.1 Å². The van der Waals surface area contributed by atoms with Gasteiger partial charge in [0.2, 0.25) is 0 Å². The summed E-state index contributed by atoms with van der Waals surface area (Å²) in [7, 11) is 0. The van der Waals surface area contributed by atoms with Crippen LogP contribution in [-0.4, -0.2) is 30.8 Å². The van der Waals surface area contributed by atoms with Crippen LogP contribution in [0.3, 0.4) is 0 Å². The third-order valence-corrected chi connectivity index (χ3v) is 5.55. The Morgan fingerprint density at radius 3 is 2.75 bits per heavy atom. The number of fused-ring (bicyclic) bond motifs is 2. The average Bonchev–Trinajstić information content (AvgIpc) is 3.39. The maximum atomic E-state index is 12.5. The van der Waals surface area contributed by atoms with Gasteiger partial charge in [0.15, 0.2) is 11.5 Å². The first-order chi connectivity index (χ1) is 13.7. The number of aromatic nitrogens is 1. The average molecular weight is 377 g/mol. The highest BCUT2D eigenvalue weighted by Crippen LogP contribution is 2.47. The Morgan fingerprint density at radius 1 is 1.07 bits per heavy atom. The number of para-hydroxylation sites is 1. The van der Waals surface area contributed by atoms with Gasteiger partial charge < -0.3 is 25.1 Å². The van der Waals surface area contributed by atoms with Crippen LogP contribution in [-0.2, 0) is 12.0 Å². The van der Waals surface area contributed by atoms with E-state index in [2.05, 4.69) is 27.8 Å². The summed E-state index contributed by atoms with van der Waals surface area (Å²) in [5, 5.41) is 7.36. The number of benzene rings is 2. The molecule has 1 fully saturated rings. The van der Waals surface area contributed by atoms with E-state index in [1.165, 1.54) is 10.9 Å². The molecule has 2 aromatic carbocycles. The lowest BCUT2D eigenvalue weighted by Crippen LogP contribution is -2.42. The number of ether oxygens (including phenoxy) is 2. The summed E-state index contributed by atoms with van der Waals surface area (Å²) in [5.74, 6) is 1.53. The van der Waals surface area contributed by atoms with Crippen molar-refractivity contribution in [3.63, 3.8) is 0 Å².